The SMILES string of the molecule is O=C(COC(=O)c1ccc(-n2cnnn2)cc1)NNC(=O)c1cccs1. The van der Waals surface area contributed by atoms with Crippen molar-refractivity contribution >= 4 is 29.1 Å². The topological polar surface area (TPSA) is 128 Å². The number of amides is 2. The predicted molar refractivity (Wildman–Crippen MR) is 89.4 cm³/mol. The molecule has 0 bridgehead atoms. The van der Waals surface area contributed by atoms with Crippen LogP contribution in [0.15, 0.2) is 48.1 Å². The summed E-state index contributed by atoms with van der Waals surface area (Å²) in [6, 6.07) is 9.65. The molecule has 3 rings (SSSR count). The van der Waals surface area contributed by atoms with E-state index >= 15 is 0 Å². The molecule has 2 heterocycles. The lowest BCUT2D eigenvalue weighted by Gasteiger charge is -2.07. The van der Waals surface area contributed by atoms with Crippen LogP contribution in [-0.4, -0.2) is 44.6 Å². The molecular formula is C15H12N6O4S. The first-order valence-electron chi connectivity index (χ1n) is 7.27. The average Bonchev–Trinajstić information content (AvgIpc) is 3.38. The van der Waals surface area contributed by atoms with Crippen molar-refractivity contribution in [3.63, 3.8) is 0 Å². The lowest BCUT2D eigenvalue weighted by molar-refractivity contribution is -0.125. The van der Waals surface area contributed by atoms with Gasteiger partial charge in [0.05, 0.1) is 16.1 Å². The number of hydrazine groups is 1. The third kappa shape index (κ3) is 4.27. The summed E-state index contributed by atoms with van der Waals surface area (Å²) >= 11 is 1.24. The van der Waals surface area contributed by atoms with E-state index in [4.69, 9.17) is 4.74 Å². The zero-order valence-electron chi connectivity index (χ0n) is 13.2. The van der Waals surface area contributed by atoms with Crippen molar-refractivity contribution in [1.82, 2.24) is 31.1 Å². The van der Waals surface area contributed by atoms with Crippen LogP contribution in [0, 0.1) is 0 Å². The van der Waals surface area contributed by atoms with Crippen LogP contribution in [0.1, 0.15) is 20.0 Å². The lowest BCUT2D eigenvalue weighted by atomic mass is 10.2. The third-order valence-corrected chi connectivity index (χ3v) is 3.98. The van der Waals surface area contributed by atoms with Crippen molar-refractivity contribution in [3.8, 4) is 5.69 Å². The van der Waals surface area contributed by atoms with Crippen molar-refractivity contribution < 1.29 is 19.1 Å². The summed E-state index contributed by atoms with van der Waals surface area (Å²) in [6.45, 7) is -0.529. The number of thiophene rings is 1. The fourth-order valence-electron chi connectivity index (χ4n) is 1.88. The number of carbonyl (C=O) groups is 3. The standard InChI is InChI=1S/C15H12N6O4S/c22-13(17-18-14(23)12-2-1-7-26-12)8-25-15(24)10-3-5-11(6-4-10)21-9-16-19-20-21/h1-7,9H,8H2,(H,17,22)(H,18,23). The van der Waals surface area contributed by atoms with Gasteiger partial charge in [0.1, 0.15) is 6.33 Å². The molecule has 2 amide bonds. The minimum Gasteiger partial charge on any atom is -0.452 e. The number of nitrogens with zero attached hydrogens (tertiary/aromatic N) is 4. The smallest absolute Gasteiger partial charge is 0.338 e. The molecule has 0 radical (unpaired) electrons. The quantitative estimate of drug-likeness (QED) is 0.488. The van der Waals surface area contributed by atoms with Crippen LogP contribution in [-0.2, 0) is 9.53 Å². The lowest BCUT2D eigenvalue weighted by Crippen LogP contribution is -2.43. The van der Waals surface area contributed by atoms with Crippen molar-refractivity contribution in [1.29, 1.82) is 0 Å². The molecule has 132 valence electrons. The number of hydrogen-bond acceptors (Lipinski definition) is 8. The third-order valence-electron chi connectivity index (χ3n) is 3.11. The predicted octanol–water partition coefficient (Wildman–Crippen LogP) is 0.342. The van der Waals surface area contributed by atoms with Gasteiger partial charge in [-0.05, 0) is 46.1 Å². The second-order valence-corrected chi connectivity index (χ2v) is 5.80. The van der Waals surface area contributed by atoms with Crippen LogP contribution in [0.2, 0.25) is 0 Å². The van der Waals surface area contributed by atoms with Crippen LogP contribution < -0.4 is 10.9 Å². The first-order valence-corrected chi connectivity index (χ1v) is 8.14. The summed E-state index contributed by atoms with van der Waals surface area (Å²) in [7, 11) is 0. The van der Waals surface area contributed by atoms with Crippen molar-refractivity contribution in [2.45, 2.75) is 0 Å². The van der Waals surface area contributed by atoms with E-state index in [2.05, 4.69) is 26.4 Å². The Balaban J connectivity index is 1.46. The fourth-order valence-corrected chi connectivity index (χ4v) is 2.50. The number of nitrogens with one attached hydrogen (secondary N) is 2. The first-order chi connectivity index (χ1) is 12.6. The molecular weight excluding hydrogens is 360 g/mol. The molecule has 0 saturated heterocycles. The van der Waals surface area contributed by atoms with Crippen LogP contribution >= 0.6 is 11.3 Å². The van der Waals surface area contributed by atoms with E-state index in [1.165, 1.54) is 34.5 Å². The molecule has 10 nitrogen and oxygen atoms in total. The molecule has 2 N–H and O–H groups in total. The number of aromatic nitrogens is 4. The van der Waals surface area contributed by atoms with Crippen molar-refractivity contribution in [3.05, 3.63) is 58.5 Å². The highest BCUT2D eigenvalue weighted by molar-refractivity contribution is 7.12. The molecule has 1 aromatic carbocycles. The molecule has 0 aliphatic carbocycles. The van der Waals surface area contributed by atoms with Crippen LogP contribution in [0.5, 0.6) is 0 Å². The number of esters is 1. The van der Waals surface area contributed by atoms with Gasteiger partial charge >= 0.3 is 5.97 Å². The largest absolute Gasteiger partial charge is 0.452 e. The summed E-state index contributed by atoms with van der Waals surface area (Å²) < 4.78 is 6.33. The summed E-state index contributed by atoms with van der Waals surface area (Å²) in [5.74, 6) is -1.78. The van der Waals surface area contributed by atoms with Gasteiger partial charge in [0, 0.05) is 0 Å². The summed E-state index contributed by atoms with van der Waals surface area (Å²) in [5, 5.41) is 12.5. The highest BCUT2D eigenvalue weighted by Crippen LogP contribution is 2.09. The number of ether oxygens (including phenoxy) is 1. The minimum atomic E-state index is -0.673. The summed E-state index contributed by atoms with van der Waals surface area (Å²) in [6.07, 6.45) is 1.42. The normalized spacial score (nSPS) is 10.2. The maximum atomic E-state index is 11.9. The van der Waals surface area contributed by atoms with E-state index in [0.717, 1.165) is 0 Å². The Morgan fingerprint density at radius 3 is 2.58 bits per heavy atom. The van der Waals surface area contributed by atoms with Crippen LogP contribution in [0.25, 0.3) is 5.69 Å². The Labute approximate surface area is 150 Å². The summed E-state index contributed by atoms with van der Waals surface area (Å²) in [4.78, 5) is 35.7. The first kappa shape index (κ1) is 17.2. The molecule has 26 heavy (non-hydrogen) atoms. The van der Waals surface area contributed by atoms with Gasteiger partial charge in [-0.15, -0.1) is 16.4 Å². The Kier molecular flexibility index (Phi) is 5.29. The van der Waals surface area contributed by atoms with Crippen LogP contribution in [0.3, 0.4) is 0 Å². The van der Waals surface area contributed by atoms with Crippen LogP contribution in [0.4, 0.5) is 0 Å². The van der Waals surface area contributed by atoms with Gasteiger partial charge < -0.3 is 4.74 Å². The van der Waals surface area contributed by atoms with Crippen molar-refractivity contribution in [2.75, 3.05) is 6.61 Å². The second-order valence-electron chi connectivity index (χ2n) is 4.86. The van der Waals surface area contributed by atoms with Crippen molar-refractivity contribution in [2.24, 2.45) is 0 Å². The number of rotatable bonds is 5. The number of hydrogen-bond donors (Lipinski definition) is 2. The van der Waals surface area contributed by atoms with Gasteiger partial charge in [0.25, 0.3) is 11.8 Å². The molecule has 2 aromatic heterocycles. The van der Waals surface area contributed by atoms with Gasteiger partial charge in [-0.25, -0.2) is 9.48 Å². The maximum absolute atomic E-state index is 11.9. The molecule has 3 aromatic rings. The second kappa shape index (κ2) is 7.98. The molecule has 0 fully saturated rings. The van der Waals surface area contributed by atoms with E-state index in [1.54, 1.807) is 29.6 Å². The van der Waals surface area contributed by atoms with E-state index in [0.29, 0.717) is 10.6 Å². The van der Waals surface area contributed by atoms with Gasteiger partial charge in [0.2, 0.25) is 0 Å². The zero-order valence-corrected chi connectivity index (χ0v) is 14.0. The number of tetrazole rings is 1. The molecule has 0 saturated carbocycles. The van der Waals surface area contributed by atoms with E-state index in [1.807, 2.05) is 0 Å². The minimum absolute atomic E-state index is 0.261. The Morgan fingerprint density at radius 2 is 1.92 bits per heavy atom. The highest BCUT2D eigenvalue weighted by Gasteiger charge is 2.12. The zero-order chi connectivity index (χ0) is 18.4. The molecule has 0 spiro atoms. The Hall–Kier alpha value is -3.60. The fraction of sp³-hybridized carbons (Fsp3) is 0.0667. The summed E-state index contributed by atoms with van der Waals surface area (Å²) in [5.41, 5.74) is 5.33. The molecule has 11 heteroatoms. The Morgan fingerprint density at radius 1 is 1.12 bits per heavy atom. The number of benzene rings is 1. The van der Waals surface area contributed by atoms with E-state index in [-0.39, 0.29) is 5.56 Å². The monoisotopic (exact) mass is 372 g/mol. The maximum Gasteiger partial charge on any atom is 0.338 e. The van der Waals surface area contributed by atoms with E-state index in [9.17, 15) is 14.4 Å². The van der Waals surface area contributed by atoms with Gasteiger partial charge in [-0.2, -0.15) is 0 Å². The Bertz CT molecular complexity index is 893. The number of carbonyl (C=O) groups excluding carboxylic acids is 3. The van der Waals surface area contributed by atoms with Gasteiger partial charge in [0.15, 0.2) is 6.61 Å². The van der Waals surface area contributed by atoms with Gasteiger partial charge in [-0.1, -0.05) is 6.07 Å². The molecule has 0 aliphatic rings. The highest BCUT2D eigenvalue weighted by atomic mass is 32.1. The average molecular weight is 372 g/mol. The molecule has 0 unspecified atom stereocenters. The van der Waals surface area contributed by atoms with E-state index < -0.39 is 24.4 Å². The molecule has 0 atom stereocenters. The molecule has 0 aliphatic heterocycles. The van der Waals surface area contributed by atoms with Gasteiger partial charge in [-0.3, -0.25) is 20.4 Å².